The van der Waals surface area contributed by atoms with Crippen LogP contribution in [0.4, 0.5) is 0 Å². The van der Waals surface area contributed by atoms with Crippen molar-refractivity contribution < 1.29 is 19.1 Å². The monoisotopic (exact) mass is 316 g/mol. The highest BCUT2D eigenvalue weighted by Crippen LogP contribution is 2.51. The molecule has 3 atom stereocenters. The summed E-state index contributed by atoms with van der Waals surface area (Å²) in [5, 5.41) is 0. The van der Waals surface area contributed by atoms with Gasteiger partial charge in [0.15, 0.2) is 5.78 Å². The number of carbonyl (C=O) groups excluding carboxylic acids is 2. The van der Waals surface area contributed by atoms with Crippen LogP contribution in [0.3, 0.4) is 0 Å². The van der Waals surface area contributed by atoms with E-state index in [-0.39, 0.29) is 11.4 Å². The second-order valence-corrected chi connectivity index (χ2v) is 7.04. The molecule has 2 aliphatic rings. The lowest BCUT2D eigenvalue weighted by Gasteiger charge is -2.41. The van der Waals surface area contributed by atoms with Gasteiger partial charge in [-0.2, -0.15) is 0 Å². The third-order valence-corrected chi connectivity index (χ3v) is 5.33. The molecule has 124 valence electrons. The first-order valence-electron chi connectivity index (χ1n) is 8.33. The van der Waals surface area contributed by atoms with Crippen LogP contribution in [0, 0.1) is 5.92 Å². The van der Waals surface area contributed by atoms with Gasteiger partial charge in [0.2, 0.25) is 0 Å². The first-order chi connectivity index (χ1) is 11.0. The maximum atomic E-state index is 12.5. The van der Waals surface area contributed by atoms with Crippen molar-refractivity contribution in [2.45, 2.75) is 56.7 Å². The van der Waals surface area contributed by atoms with Gasteiger partial charge in [-0.1, -0.05) is 30.3 Å². The van der Waals surface area contributed by atoms with E-state index in [1.54, 1.807) is 0 Å². The predicted molar refractivity (Wildman–Crippen MR) is 86.0 cm³/mol. The summed E-state index contributed by atoms with van der Waals surface area (Å²) in [7, 11) is 1.33. The third kappa shape index (κ3) is 3.05. The van der Waals surface area contributed by atoms with E-state index in [0.29, 0.717) is 6.42 Å². The highest BCUT2D eigenvalue weighted by atomic mass is 16.5. The van der Waals surface area contributed by atoms with Crippen molar-refractivity contribution in [3.05, 3.63) is 35.9 Å². The van der Waals surface area contributed by atoms with E-state index in [1.165, 1.54) is 12.7 Å². The van der Waals surface area contributed by atoms with Gasteiger partial charge in [-0.3, -0.25) is 9.59 Å². The number of aryl methyl sites for hydroxylation is 1. The second-order valence-electron chi connectivity index (χ2n) is 7.04. The molecule has 4 nitrogen and oxygen atoms in total. The minimum absolute atomic E-state index is 0.0252. The quantitative estimate of drug-likeness (QED) is 0.619. The molecular weight excluding hydrogens is 292 g/mol. The predicted octanol–water partition coefficient (Wildman–Crippen LogP) is 3.08. The summed E-state index contributed by atoms with van der Waals surface area (Å²) >= 11 is 0. The average molecular weight is 316 g/mol. The Kier molecular flexibility index (Phi) is 4.28. The fraction of sp³-hybridized carbons (Fsp3) is 0.579. The Bertz CT molecular complexity index is 597. The van der Waals surface area contributed by atoms with Gasteiger partial charge in [-0.15, -0.1) is 0 Å². The van der Waals surface area contributed by atoms with Crippen LogP contribution in [0.1, 0.15) is 44.6 Å². The molecule has 0 aromatic heterocycles. The Morgan fingerprint density at radius 2 is 2.04 bits per heavy atom. The smallest absolute Gasteiger partial charge is 0.319 e. The molecule has 0 N–H and O–H groups in total. The number of hydrogen-bond donors (Lipinski definition) is 0. The molecule has 0 spiro atoms. The summed E-state index contributed by atoms with van der Waals surface area (Å²) in [6.07, 6.45) is 4.74. The molecule has 2 heterocycles. The van der Waals surface area contributed by atoms with Crippen molar-refractivity contribution in [2.75, 3.05) is 7.11 Å². The molecule has 2 aliphatic heterocycles. The normalized spacial score (nSPS) is 32.8. The number of Topliss-reactive ketones (excluding diaryl/α,β-unsaturated/α-hetero) is 1. The van der Waals surface area contributed by atoms with Crippen LogP contribution in [0.2, 0.25) is 0 Å². The Morgan fingerprint density at radius 3 is 2.74 bits per heavy atom. The molecule has 1 aromatic carbocycles. The highest BCUT2D eigenvalue weighted by Gasteiger charge is 2.60. The number of carbonyl (C=O) groups is 2. The van der Waals surface area contributed by atoms with Gasteiger partial charge in [0, 0.05) is 6.42 Å². The Labute approximate surface area is 137 Å². The number of esters is 1. The number of fused-ring (bicyclic) bond motifs is 2. The van der Waals surface area contributed by atoms with Gasteiger partial charge < -0.3 is 9.47 Å². The van der Waals surface area contributed by atoms with Crippen molar-refractivity contribution in [1.82, 2.24) is 0 Å². The van der Waals surface area contributed by atoms with Crippen LogP contribution in [0.5, 0.6) is 0 Å². The van der Waals surface area contributed by atoms with E-state index < -0.39 is 17.5 Å². The molecule has 1 aromatic rings. The molecule has 0 aliphatic carbocycles. The standard InChI is InChI=1S/C19H24O4/c1-18-11-12-19(23-18,13-15(20)16(18)17(21)22-2)10-6-9-14-7-4-3-5-8-14/h3-5,7-8,16H,6,9-13H2,1-2H3/t16?,18-,19+/m1/s1. The summed E-state index contributed by atoms with van der Waals surface area (Å²) < 4.78 is 11.1. The van der Waals surface area contributed by atoms with Gasteiger partial charge in [0.25, 0.3) is 0 Å². The van der Waals surface area contributed by atoms with Crippen LogP contribution < -0.4 is 0 Å². The topological polar surface area (TPSA) is 52.6 Å². The number of hydrogen-bond acceptors (Lipinski definition) is 4. The average Bonchev–Trinajstić information content (AvgIpc) is 2.80. The van der Waals surface area contributed by atoms with Crippen LogP contribution in [0.25, 0.3) is 0 Å². The lowest BCUT2D eigenvalue weighted by atomic mass is 9.80. The van der Waals surface area contributed by atoms with E-state index >= 15 is 0 Å². The first-order valence-corrected chi connectivity index (χ1v) is 8.33. The first kappa shape index (κ1) is 16.2. The van der Waals surface area contributed by atoms with Gasteiger partial charge in [-0.05, 0) is 44.6 Å². The number of rotatable bonds is 5. The third-order valence-electron chi connectivity index (χ3n) is 5.33. The number of benzene rings is 1. The SMILES string of the molecule is COC(=O)C1C(=O)C[C@]2(CCCc3ccccc3)CC[C@@]1(C)O2. The lowest BCUT2D eigenvalue weighted by Crippen LogP contribution is -2.53. The summed E-state index contributed by atoms with van der Waals surface area (Å²) in [6, 6.07) is 10.3. The minimum Gasteiger partial charge on any atom is -0.468 e. The van der Waals surface area contributed by atoms with Crippen molar-refractivity contribution >= 4 is 11.8 Å². The second kappa shape index (κ2) is 6.08. The molecule has 2 fully saturated rings. The van der Waals surface area contributed by atoms with E-state index in [1.807, 2.05) is 25.1 Å². The van der Waals surface area contributed by atoms with E-state index in [9.17, 15) is 9.59 Å². The van der Waals surface area contributed by atoms with Crippen molar-refractivity contribution in [3.8, 4) is 0 Å². The minimum atomic E-state index is -0.766. The van der Waals surface area contributed by atoms with E-state index in [0.717, 1.165) is 32.1 Å². The molecule has 0 amide bonds. The molecule has 3 rings (SSSR count). The van der Waals surface area contributed by atoms with Crippen LogP contribution >= 0.6 is 0 Å². The van der Waals surface area contributed by atoms with Crippen LogP contribution in [0.15, 0.2) is 30.3 Å². The van der Waals surface area contributed by atoms with Gasteiger partial charge in [-0.25, -0.2) is 0 Å². The van der Waals surface area contributed by atoms with E-state index in [4.69, 9.17) is 9.47 Å². The number of methoxy groups -OCH3 is 1. The molecule has 0 saturated carbocycles. The molecule has 2 bridgehead atoms. The van der Waals surface area contributed by atoms with Crippen molar-refractivity contribution in [2.24, 2.45) is 5.92 Å². The molecule has 4 heteroatoms. The van der Waals surface area contributed by atoms with Crippen LogP contribution in [-0.4, -0.2) is 30.1 Å². The number of ketones is 1. The summed E-state index contributed by atoms with van der Waals surface area (Å²) in [4.78, 5) is 24.5. The highest BCUT2D eigenvalue weighted by molar-refractivity contribution is 6.01. The summed E-state index contributed by atoms with van der Waals surface area (Å²) in [5.41, 5.74) is 0.222. The fourth-order valence-corrected chi connectivity index (χ4v) is 4.18. The van der Waals surface area contributed by atoms with Gasteiger partial charge in [0.1, 0.15) is 5.92 Å². The summed E-state index contributed by atoms with van der Waals surface area (Å²) in [5.74, 6) is -1.25. The van der Waals surface area contributed by atoms with Crippen LogP contribution in [-0.2, 0) is 25.5 Å². The Hall–Kier alpha value is -1.68. The Morgan fingerprint density at radius 1 is 1.30 bits per heavy atom. The Balaban J connectivity index is 1.66. The van der Waals surface area contributed by atoms with Crippen molar-refractivity contribution in [1.29, 1.82) is 0 Å². The van der Waals surface area contributed by atoms with Crippen molar-refractivity contribution in [3.63, 3.8) is 0 Å². The zero-order valence-corrected chi connectivity index (χ0v) is 13.8. The van der Waals surface area contributed by atoms with Gasteiger partial charge in [0.05, 0.1) is 18.3 Å². The van der Waals surface area contributed by atoms with E-state index in [2.05, 4.69) is 12.1 Å². The largest absolute Gasteiger partial charge is 0.468 e. The zero-order valence-electron chi connectivity index (χ0n) is 13.8. The molecule has 0 radical (unpaired) electrons. The fourth-order valence-electron chi connectivity index (χ4n) is 4.18. The maximum Gasteiger partial charge on any atom is 0.319 e. The zero-order chi connectivity index (χ0) is 16.5. The molecular formula is C19H24O4. The maximum absolute atomic E-state index is 12.5. The molecule has 2 saturated heterocycles. The number of ether oxygens (including phenoxy) is 2. The lowest BCUT2D eigenvalue weighted by molar-refractivity contribution is -0.188. The van der Waals surface area contributed by atoms with Gasteiger partial charge >= 0.3 is 5.97 Å². The summed E-state index contributed by atoms with van der Waals surface area (Å²) in [6.45, 7) is 1.88. The molecule has 23 heavy (non-hydrogen) atoms. The molecule has 1 unspecified atom stereocenters.